The van der Waals surface area contributed by atoms with E-state index in [0.29, 0.717) is 22.1 Å². The van der Waals surface area contributed by atoms with Gasteiger partial charge in [0.1, 0.15) is 17.6 Å². The van der Waals surface area contributed by atoms with E-state index in [1.54, 1.807) is 31.4 Å². The second-order valence-electron chi connectivity index (χ2n) is 9.67. The number of hydrogen-bond acceptors (Lipinski definition) is 6. The maximum atomic E-state index is 14.1. The first-order chi connectivity index (χ1) is 18.5. The highest BCUT2D eigenvalue weighted by Gasteiger charge is 2.46. The highest BCUT2D eigenvalue weighted by Crippen LogP contribution is 2.45. The number of aromatic nitrogens is 4. The smallest absolute Gasteiger partial charge is 0.337 e. The van der Waals surface area contributed by atoms with Crippen molar-refractivity contribution >= 4 is 29.2 Å². The molecule has 0 saturated heterocycles. The number of carboxylic acids is 1. The van der Waals surface area contributed by atoms with Gasteiger partial charge in [0, 0.05) is 30.5 Å². The summed E-state index contributed by atoms with van der Waals surface area (Å²) in [4.78, 5) is 49.5. The summed E-state index contributed by atoms with van der Waals surface area (Å²) in [6.07, 6.45) is 2.91. The number of anilines is 1. The van der Waals surface area contributed by atoms with E-state index in [9.17, 15) is 19.5 Å². The number of benzene rings is 1. The number of methoxy groups -OCH3 is 1. The molecule has 1 unspecified atom stereocenters. The Bertz CT molecular complexity index is 1690. The van der Waals surface area contributed by atoms with Crippen LogP contribution >= 0.6 is 11.6 Å². The first-order valence-electron chi connectivity index (χ1n) is 12.2. The van der Waals surface area contributed by atoms with Gasteiger partial charge in [-0.15, -0.1) is 0 Å². The molecule has 1 aliphatic heterocycles. The average molecular weight is 548 g/mol. The third kappa shape index (κ3) is 4.26. The lowest BCUT2D eigenvalue weighted by atomic mass is 10.0. The van der Waals surface area contributed by atoms with E-state index in [-0.39, 0.29) is 34.4 Å². The topological polar surface area (TPSA) is 120 Å². The number of imidazole rings is 1. The first kappa shape index (κ1) is 26.2. The molecule has 5 rings (SSSR count). The first-order valence-corrected chi connectivity index (χ1v) is 12.6. The van der Waals surface area contributed by atoms with Gasteiger partial charge in [0.25, 0.3) is 11.5 Å². The Kier molecular flexibility index (Phi) is 6.51. The molecule has 11 heteroatoms. The van der Waals surface area contributed by atoms with Crippen molar-refractivity contribution in [2.75, 3.05) is 12.0 Å². The molecule has 0 bridgehead atoms. The largest absolute Gasteiger partial charge is 0.480 e. The summed E-state index contributed by atoms with van der Waals surface area (Å²) in [5.41, 5.74) is 2.46. The number of fused-ring (bicyclic) bond motifs is 1. The molecule has 3 aromatic heterocycles. The molecule has 1 aliphatic rings. The molecule has 10 nitrogen and oxygen atoms in total. The summed E-state index contributed by atoms with van der Waals surface area (Å²) in [7, 11) is 3.07. The fourth-order valence-corrected chi connectivity index (χ4v) is 5.18. The van der Waals surface area contributed by atoms with Crippen LogP contribution < -0.4 is 15.2 Å². The quantitative estimate of drug-likeness (QED) is 0.373. The van der Waals surface area contributed by atoms with E-state index in [2.05, 4.69) is 4.98 Å². The number of aromatic carboxylic acids is 1. The van der Waals surface area contributed by atoms with Gasteiger partial charge in [-0.2, -0.15) is 0 Å². The average Bonchev–Trinajstić information content (AvgIpc) is 3.41. The molecule has 0 fully saturated rings. The maximum Gasteiger partial charge on any atom is 0.337 e. The van der Waals surface area contributed by atoms with E-state index in [1.165, 1.54) is 28.8 Å². The lowest BCUT2D eigenvalue weighted by Crippen LogP contribution is -2.36. The molecule has 0 radical (unpaired) electrons. The minimum absolute atomic E-state index is 0.0465. The Balaban J connectivity index is 1.83. The lowest BCUT2D eigenvalue weighted by molar-refractivity contribution is 0.0696. The Morgan fingerprint density at radius 2 is 1.85 bits per heavy atom. The van der Waals surface area contributed by atoms with Crippen LogP contribution in [0.5, 0.6) is 5.88 Å². The summed E-state index contributed by atoms with van der Waals surface area (Å²) < 4.78 is 8.76. The summed E-state index contributed by atoms with van der Waals surface area (Å²) in [5.74, 6) is -1.09. The number of rotatable bonds is 6. The van der Waals surface area contributed by atoms with Crippen LogP contribution in [-0.2, 0) is 7.05 Å². The normalized spacial score (nSPS) is 14.7. The van der Waals surface area contributed by atoms with Crippen LogP contribution in [0.2, 0.25) is 5.02 Å². The molecular weight excluding hydrogens is 522 g/mol. The van der Waals surface area contributed by atoms with E-state index < -0.39 is 17.9 Å². The standard InChI is InChI=1S/C28H26ClN5O5/c1-14(2)33-23-21(31-24(33)19-11-17(28(37)38)12-30-25(19)39-5)27(36)34(20-10-15(3)13-32(4)26(20)35)22(23)16-6-8-18(29)9-7-16/h6-14,22H,1-5H3,(H,37,38). The van der Waals surface area contributed by atoms with Crippen LogP contribution in [0.15, 0.2) is 53.6 Å². The molecule has 0 saturated carbocycles. The third-order valence-corrected chi connectivity index (χ3v) is 6.93. The number of aryl methyl sites for hydroxylation is 2. The van der Waals surface area contributed by atoms with Crippen LogP contribution in [0.4, 0.5) is 5.69 Å². The molecule has 1 N–H and O–H groups in total. The minimum atomic E-state index is -1.15. The number of amides is 1. The van der Waals surface area contributed by atoms with Crippen molar-refractivity contribution in [2.45, 2.75) is 32.9 Å². The molecule has 4 aromatic rings. The zero-order valence-electron chi connectivity index (χ0n) is 22.0. The van der Waals surface area contributed by atoms with E-state index in [4.69, 9.17) is 21.3 Å². The van der Waals surface area contributed by atoms with Crippen molar-refractivity contribution in [1.29, 1.82) is 0 Å². The molecule has 4 heterocycles. The number of carboxylic acid groups (broad SMARTS) is 1. The number of halogens is 1. The van der Waals surface area contributed by atoms with Gasteiger partial charge in [-0.25, -0.2) is 14.8 Å². The minimum Gasteiger partial charge on any atom is -0.480 e. The van der Waals surface area contributed by atoms with Gasteiger partial charge in [0.2, 0.25) is 5.88 Å². The molecule has 0 aliphatic carbocycles. The Hall–Kier alpha value is -4.44. The molecule has 0 spiro atoms. The molecule has 200 valence electrons. The SMILES string of the molecule is COc1ncc(C(=O)O)cc1-c1nc2c(n1C(C)C)C(c1ccc(Cl)cc1)N(c1cc(C)cn(C)c1=O)C2=O. The number of pyridine rings is 2. The highest BCUT2D eigenvalue weighted by molar-refractivity contribution is 6.30. The zero-order chi connectivity index (χ0) is 28.2. The number of ether oxygens (including phenoxy) is 1. The Labute approximate surface area is 229 Å². The molecule has 1 atom stereocenters. The van der Waals surface area contributed by atoms with Crippen molar-refractivity contribution in [3.05, 3.63) is 92.2 Å². The van der Waals surface area contributed by atoms with E-state index in [1.807, 2.05) is 37.5 Å². The molecular formula is C28H26ClN5O5. The second-order valence-corrected chi connectivity index (χ2v) is 10.1. The van der Waals surface area contributed by atoms with Crippen molar-refractivity contribution in [1.82, 2.24) is 19.1 Å². The number of carbonyl (C=O) groups excluding carboxylic acids is 1. The zero-order valence-corrected chi connectivity index (χ0v) is 22.7. The van der Waals surface area contributed by atoms with Crippen LogP contribution in [0, 0.1) is 6.92 Å². The molecule has 1 amide bonds. The monoisotopic (exact) mass is 547 g/mol. The van der Waals surface area contributed by atoms with Crippen molar-refractivity contribution in [2.24, 2.45) is 7.05 Å². The van der Waals surface area contributed by atoms with E-state index in [0.717, 1.165) is 11.1 Å². The van der Waals surface area contributed by atoms with Gasteiger partial charge in [0.15, 0.2) is 5.69 Å². The van der Waals surface area contributed by atoms with Crippen LogP contribution in [-0.4, -0.2) is 43.2 Å². The third-order valence-electron chi connectivity index (χ3n) is 6.68. The number of nitrogens with zero attached hydrogens (tertiary/aromatic N) is 5. The summed E-state index contributed by atoms with van der Waals surface area (Å²) in [6, 6.07) is 9.29. The van der Waals surface area contributed by atoms with Crippen LogP contribution in [0.1, 0.15) is 63.6 Å². The second kappa shape index (κ2) is 9.70. The summed E-state index contributed by atoms with van der Waals surface area (Å²) in [5, 5.41) is 10.1. The summed E-state index contributed by atoms with van der Waals surface area (Å²) in [6.45, 7) is 5.72. The fourth-order valence-electron chi connectivity index (χ4n) is 5.05. The van der Waals surface area contributed by atoms with Gasteiger partial charge in [-0.1, -0.05) is 23.7 Å². The van der Waals surface area contributed by atoms with Gasteiger partial charge in [0.05, 0.1) is 23.9 Å². The molecule has 1 aromatic carbocycles. The van der Waals surface area contributed by atoms with Gasteiger partial charge in [-0.05, 0) is 56.2 Å². The van der Waals surface area contributed by atoms with Gasteiger partial charge in [-0.3, -0.25) is 14.5 Å². The summed E-state index contributed by atoms with van der Waals surface area (Å²) >= 11 is 6.19. The Morgan fingerprint density at radius 3 is 2.46 bits per heavy atom. The Morgan fingerprint density at radius 1 is 1.15 bits per heavy atom. The number of hydrogen-bond donors (Lipinski definition) is 1. The van der Waals surface area contributed by atoms with Crippen LogP contribution in [0.3, 0.4) is 0 Å². The van der Waals surface area contributed by atoms with Crippen molar-refractivity contribution in [3.63, 3.8) is 0 Å². The highest BCUT2D eigenvalue weighted by atomic mass is 35.5. The predicted octanol–water partition coefficient (Wildman–Crippen LogP) is 4.64. The number of carbonyl (C=O) groups is 2. The maximum absolute atomic E-state index is 14.1. The lowest BCUT2D eigenvalue weighted by Gasteiger charge is -2.28. The van der Waals surface area contributed by atoms with E-state index >= 15 is 0 Å². The molecule has 39 heavy (non-hydrogen) atoms. The predicted molar refractivity (Wildman–Crippen MR) is 146 cm³/mol. The van der Waals surface area contributed by atoms with Crippen LogP contribution in [0.25, 0.3) is 11.4 Å². The van der Waals surface area contributed by atoms with Gasteiger partial charge < -0.3 is 19.0 Å². The van der Waals surface area contributed by atoms with Crippen molar-refractivity contribution < 1.29 is 19.4 Å². The fraction of sp³-hybridized carbons (Fsp3) is 0.250. The van der Waals surface area contributed by atoms with Crippen molar-refractivity contribution in [3.8, 4) is 17.3 Å². The van der Waals surface area contributed by atoms with Gasteiger partial charge >= 0.3 is 5.97 Å².